The highest BCUT2D eigenvalue weighted by Gasteiger charge is 2.02. The third-order valence-corrected chi connectivity index (χ3v) is 2.57. The van der Waals surface area contributed by atoms with Crippen LogP contribution >= 0.6 is 0 Å². The van der Waals surface area contributed by atoms with E-state index in [1.54, 1.807) is 12.3 Å². The Morgan fingerprint density at radius 3 is 2.81 bits per heavy atom. The van der Waals surface area contributed by atoms with Gasteiger partial charge in [0.1, 0.15) is 0 Å². The van der Waals surface area contributed by atoms with E-state index in [4.69, 9.17) is 5.73 Å². The smallest absolute Gasteiger partial charge is 0.189 e. The minimum absolute atomic E-state index is 0.0465. The second-order valence-corrected chi connectivity index (χ2v) is 3.78. The van der Waals surface area contributed by atoms with Gasteiger partial charge in [-0.05, 0) is 17.7 Å². The summed E-state index contributed by atoms with van der Waals surface area (Å²) in [7, 11) is 0. The van der Waals surface area contributed by atoms with E-state index in [1.165, 1.54) is 0 Å². The molecule has 1 heterocycles. The Kier molecular flexibility index (Phi) is 2.88. The molecule has 0 bridgehead atoms. The van der Waals surface area contributed by atoms with E-state index in [0.717, 1.165) is 16.5 Å². The lowest BCUT2D eigenvalue weighted by atomic mass is 10.2. The van der Waals surface area contributed by atoms with Gasteiger partial charge in [0, 0.05) is 30.7 Å². The molecule has 82 valence electrons. The number of hydrogen-bond donors (Lipinski definition) is 1. The molecular weight excluding hydrogens is 200 g/mol. The minimum atomic E-state index is 0.0465. The van der Waals surface area contributed by atoms with Crippen LogP contribution in [0.25, 0.3) is 10.9 Å². The monoisotopic (exact) mass is 214 g/mol. The Balaban J connectivity index is 2.59. The molecule has 0 aliphatic rings. The standard InChI is InChI=1S/C13H14N2O/c1-10(8-14)9-15-7-6-13(16)11-4-2-3-5-12(11)15/h2-7H,1,8-9,14H2. The summed E-state index contributed by atoms with van der Waals surface area (Å²) in [5.74, 6) is 0. The lowest BCUT2D eigenvalue weighted by molar-refractivity contribution is 0.793. The van der Waals surface area contributed by atoms with Crippen LogP contribution in [0.5, 0.6) is 0 Å². The molecule has 1 aromatic heterocycles. The molecule has 3 nitrogen and oxygen atoms in total. The first-order valence-corrected chi connectivity index (χ1v) is 5.17. The average Bonchev–Trinajstić information content (AvgIpc) is 2.33. The molecule has 0 saturated carbocycles. The molecule has 3 heteroatoms. The molecular formula is C13H14N2O. The van der Waals surface area contributed by atoms with Crippen LogP contribution in [0.3, 0.4) is 0 Å². The number of para-hydroxylation sites is 1. The van der Waals surface area contributed by atoms with Gasteiger partial charge in [0.2, 0.25) is 0 Å². The number of benzene rings is 1. The van der Waals surface area contributed by atoms with Gasteiger partial charge in [-0.1, -0.05) is 18.7 Å². The Morgan fingerprint density at radius 2 is 2.06 bits per heavy atom. The summed E-state index contributed by atoms with van der Waals surface area (Å²) in [4.78, 5) is 11.6. The Hall–Kier alpha value is -1.87. The van der Waals surface area contributed by atoms with Gasteiger partial charge in [0.25, 0.3) is 0 Å². The summed E-state index contributed by atoms with van der Waals surface area (Å²) in [5.41, 5.74) is 7.43. The molecule has 0 atom stereocenters. The maximum Gasteiger partial charge on any atom is 0.189 e. The third kappa shape index (κ3) is 1.90. The van der Waals surface area contributed by atoms with E-state index in [9.17, 15) is 4.79 Å². The molecule has 0 amide bonds. The number of nitrogens with two attached hydrogens (primary N) is 1. The van der Waals surface area contributed by atoms with Gasteiger partial charge in [-0.2, -0.15) is 0 Å². The topological polar surface area (TPSA) is 48.0 Å². The van der Waals surface area contributed by atoms with Crippen molar-refractivity contribution in [3.8, 4) is 0 Å². The van der Waals surface area contributed by atoms with Crippen molar-refractivity contribution in [2.75, 3.05) is 6.54 Å². The molecule has 2 aromatic rings. The van der Waals surface area contributed by atoms with E-state index in [-0.39, 0.29) is 5.43 Å². The molecule has 2 N–H and O–H groups in total. The number of rotatable bonds is 3. The first kappa shape index (κ1) is 10.6. The van der Waals surface area contributed by atoms with E-state index < -0.39 is 0 Å². The molecule has 0 radical (unpaired) electrons. The zero-order chi connectivity index (χ0) is 11.5. The Bertz CT molecular complexity index is 584. The number of fused-ring (bicyclic) bond motifs is 1. The van der Waals surface area contributed by atoms with Gasteiger partial charge >= 0.3 is 0 Å². The second-order valence-electron chi connectivity index (χ2n) is 3.78. The number of nitrogens with zero attached hydrogens (tertiary/aromatic N) is 1. The first-order chi connectivity index (χ1) is 7.72. The molecule has 16 heavy (non-hydrogen) atoms. The zero-order valence-electron chi connectivity index (χ0n) is 9.02. The third-order valence-electron chi connectivity index (χ3n) is 2.57. The molecule has 0 aliphatic heterocycles. The summed E-state index contributed by atoms with van der Waals surface area (Å²) in [6.45, 7) is 4.98. The van der Waals surface area contributed by atoms with E-state index in [1.807, 2.05) is 28.8 Å². The highest BCUT2D eigenvalue weighted by Crippen LogP contribution is 2.10. The highest BCUT2D eigenvalue weighted by atomic mass is 16.1. The quantitative estimate of drug-likeness (QED) is 0.787. The van der Waals surface area contributed by atoms with Crippen LogP contribution in [0.1, 0.15) is 0 Å². The van der Waals surface area contributed by atoms with Crippen LogP contribution in [-0.4, -0.2) is 11.1 Å². The zero-order valence-corrected chi connectivity index (χ0v) is 9.02. The lowest BCUT2D eigenvalue weighted by Gasteiger charge is -2.11. The van der Waals surface area contributed by atoms with Crippen LogP contribution in [0.15, 0.2) is 53.5 Å². The van der Waals surface area contributed by atoms with Crippen molar-refractivity contribution in [3.05, 3.63) is 58.9 Å². The van der Waals surface area contributed by atoms with E-state index in [0.29, 0.717) is 13.1 Å². The minimum Gasteiger partial charge on any atom is -0.343 e. The Labute approximate surface area is 93.8 Å². The normalized spacial score (nSPS) is 10.6. The molecule has 0 aliphatic carbocycles. The SMILES string of the molecule is C=C(CN)Cn1ccc(=O)c2ccccc21. The molecule has 1 aromatic carbocycles. The largest absolute Gasteiger partial charge is 0.343 e. The fraction of sp³-hybridized carbons (Fsp3) is 0.154. The number of hydrogen-bond acceptors (Lipinski definition) is 2. The van der Waals surface area contributed by atoms with Crippen molar-refractivity contribution >= 4 is 10.9 Å². The van der Waals surface area contributed by atoms with Gasteiger partial charge in [0.15, 0.2) is 5.43 Å². The Morgan fingerprint density at radius 1 is 1.31 bits per heavy atom. The fourth-order valence-electron chi connectivity index (χ4n) is 1.70. The van der Waals surface area contributed by atoms with Crippen LogP contribution < -0.4 is 11.2 Å². The summed E-state index contributed by atoms with van der Waals surface area (Å²) < 4.78 is 1.99. The van der Waals surface area contributed by atoms with Crippen LogP contribution in [0.4, 0.5) is 0 Å². The van der Waals surface area contributed by atoms with Crippen molar-refractivity contribution in [1.29, 1.82) is 0 Å². The lowest BCUT2D eigenvalue weighted by Crippen LogP contribution is -2.12. The highest BCUT2D eigenvalue weighted by molar-refractivity contribution is 5.78. The fourth-order valence-corrected chi connectivity index (χ4v) is 1.70. The van der Waals surface area contributed by atoms with Crippen molar-refractivity contribution in [2.24, 2.45) is 5.73 Å². The molecule has 0 unspecified atom stereocenters. The maximum atomic E-state index is 11.6. The number of aromatic nitrogens is 1. The van der Waals surface area contributed by atoms with Crippen molar-refractivity contribution < 1.29 is 0 Å². The number of pyridine rings is 1. The summed E-state index contributed by atoms with van der Waals surface area (Å²) in [6.07, 6.45) is 1.78. The predicted molar refractivity (Wildman–Crippen MR) is 66.4 cm³/mol. The molecule has 0 saturated heterocycles. The van der Waals surface area contributed by atoms with Gasteiger partial charge < -0.3 is 10.3 Å². The van der Waals surface area contributed by atoms with Crippen LogP contribution in [0.2, 0.25) is 0 Å². The van der Waals surface area contributed by atoms with Gasteiger partial charge in [-0.15, -0.1) is 0 Å². The van der Waals surface area contributed by atoms with Crippen molar-refractivity contribution in [1.82, 2.24) is 4.57 Å². The van der Waals surface area contributed by atoms with Gasteiger partial charge in [-0.3, -0.25) is 4.79 Å². The molecule has 0 spiro atoms. The maximum absolute atomic E-state index is 11.6. The van der Waals surface area contributed by atoms with Crippen LogP contribution in [-0.2, 0) is 6.54 Å². The molecule has 2 rings (SSSR count). The molecule has 0 fully saturated rings. The summed E-state index contributed by atoms with van der Waals surface area (Å²) in [6, 6.07) is 9.13. The van der Waals surface area contributed by atoms with Gasteiger partial charge in [-0.25, -0.2) is 0 Å². The average molecular weight is 214 g/mol. The summed E-state index contributed by atoms with van der Waals surface area (Å²) in [5, 5.41) is 0.731. The van der Waals surface area contributed by atoms with Crippen molar-refractivity contribution in [3.63, 3.8) is 0 Å². The van der Waals surface area contributed by atoms with Crippen molar-refractivity contribution in [2.45, 2.75) is 6.54 Å². The summed E-state index contributed by atoms with van der Waals surface area (Å²) >= 11 is 0. The predicted octanol–water partition coefficient (Wildman–Crippen LogP) is 1.52. The van der Waals surface area contributed by atoms with E-state index in [2.05, 4.69) is 6.58 Å². The van der Waals surface area contributed by atoms with Crippen LogP contribution in [0, 0.1) is 0 Å². The second kappa shape index (κ2) is 4.33. The van der Waals surface area contributed by atoms with E-state index >= 15 is 0 Å². The first-order valence-electron chi connectivity index (χ1n) is 5.17. The van der Waals surface area contributed by atoms with Gasteiger partial charge in [0.05, 0.1) is 5.52 Å².